The van der Waals surface area contributed by atoms with Gasteiger partial charge in [0.05, 0.1) is 0 Å². The number of halogens is 1. The maximum Gasteiger partial charge on any atom is 0.115 e. The lowest BCUT2D eigenvalue weighted by molar-refractivity contribution is 0.166. The summed E-state index contributed by atoms with van der Waals surface area (Å²) in [6.07, 6.45) is 2.61. The molecule has 1 unspecified atom stereocenters. The van der Waals surface area contributed by atoms with Crippen molar-refractivity contribution in [2.75, 3.05) is 26.7 Å². The molecule has 102 valence electrons. The van der Waals surface area contributed by atoms with Crippen LogP contribution in [0.2, 0.25) is 0 Å². The number of aromatic hydroxyl groups is 1. The standard InChI is InChI=1S/C14H22N2O.ClH/c1-15-9-13-5-3-7-16(11-13)10-12-4-2-6-14(17)8-12;/h2,4,6,8,13,15,17H,3,5,7,9-11H2,1H3;1H. The van der Waals surface area contributed by atoms with Crippen molar-refractivity contribution >= 4 is 12.4 Å². The van der Waals surface area contributed by atoms with E-state index in [4.69, 9.17) is 0 Å². The molecule has 1 aromatic carbocycles. The van der Waals surface area contributed by atoms with Crippen LogP contribution in [0.15, 0.2) is 24.3 Å². The zero-order valence-corrected chi connectivity index (χ0v) is 11.7. The van der Waals surface area contributed by atoms with Gasteiger partial charge in [0.1, 0.15) is 5.75 Å². The van der Waals surface area contributed by atoms with Crippen molar-refractivity contribution in [1.82, 2.24) is 10.2 Å². The van der Waals surface area contributed by atoms with E-state index in [9.17, 15) is 5.11 Å². The molecule has 0 spiro atoms. The normalized spacial score (nSPS) is 20.4. The Hall–Kier alpha value is -0.770. The van der Waals surface area contributed by atoms with Crippen molar-refractivity contribution in [3.63, 3.8) is 0 Å². The van der Waals surface area contributed by atoms with Gasteiger partial charge in [-0.3, -0.25) is 4.90 Å². The number of phenols is 1. The Morgan fingerprint density at radius 1 is 1.44 bits per heavy atom. The van der Waals surface area contributed by atoms with E-state index >= 15 is 0 Å². The zero-order valence-electron chi connectivity index (χ0n) is 10.9. The van der Waals surface area contributed by atoms with Crippen LogP contribution in [-0.2, 0) is 6.54 Å². The van der Waals surface area contributed by atoms with Gasteiger partial charge in [-0.2, -0.15) is 0 Å². The monoisotopic (exact) mass is 270 g/mol. The Balaban J connectivity index is 0.00000162. The summed E-state index contributed by atoms with van der Waals surface area (Å²) in [5.74, 6) is 1.14. The molecule has 2 N–H and O–H groups in total. The van der Waals surface area contributed by atoms with E-state index in [0.29, 0.717) is 5.75 Å². The zero-order chi connectivity index (χ0) is 12.1. The number of hydrogen-bond donors (Lipinski definition) is 2. The van der Waals surface area contributed by atoms with Crippen LogP contribution in [0.3, 0.4) is 0 Å². The Morgan fingerprint density at radius 3 is 3.00 bits per heavy atom. The molecule has 1 heterocycles. The van der Waals surface area contributed by atoms with Gasteiger partial charge in [0.2, 0.25) is 0 Å². The molecular weight excluding hydrogens is 248 g/mol. The van der Waals surface area contributed by atoms with Crippen LogP contribution in [0, 0.1) is 5.92 Å². The number of piperidine rings is 1. The van der Waals surface area contributed by atoms with Crippen LogP contribution >= 0.6 is 12.4 Å². The molecule has 1 atom stereocenters. The minimum absolute atomic E-state index is 0. The topological polar surface area (TPSA) is 35.5 Å². The highest BCUT2D eigenvalue weighted by atomic mass is 35.5. The second-order valence-corrected chi connectivity index (χ2v) is 4.97. The first-order valence-electron chi connectivity index (χ1n) is 6.43. The van der Waals surface area contributed by atoms with Gasteiger partial charge in [0.25, 0.3) is 0 Å². The molecule has 1 aromatic rings. The minimum atomic E-state index is 0. The average Bonchev–Trinajstić information content (AvgIpc) is 2.30. The van der Waals surface area contributed by atoms with E-state index in [1.807, 2.05) is 19.2 Å². The lowest BCUT2D eigenvalue weighted by atomic mass is 9.97. The average molecular weight is 271 g/mol. The third-order valence-electron chi connectivity index (χ3n) is 3.41. The minimum Gasteiger partial charge on any atom is -0.508 e. The third-order valence-corrected chi connectivity index (χ3v) is 3.41. The molecule has 0 bridgehead atoms. The SMILES string of the molecule is CNCC1CCCN(Cc2cccc(O)c2)C1.Cl. The smallest absolute Gasteiger partial charge is 0.115 e. The number of phenolic OH excluding ortho intramolecular Hbond substituents is 1. The quantitative estimate of drug-likeness (QED) is 0.881. The lowest BCUT2D eigenvalue weighted by Crippen LogP contribution is -2.38. The number of rotatable bonds is 4. The first-order valence-corrected chi connectivity index (χ1v) is 6.43. The highest BCUT2D eigenvalue weighted by Crippen LogP contribution is 2.19. The lowest BCUT2D eigenvalue weighted by Gasteiger charge is -2.32. The molecule has 1 aliphatic heterocycles. The number of nitrogens with zero attached hydrogens (tertiary/aromatic N) is 1. The molecule has 0 radical (unpaired) electrons. The van der Waals surface area contributed by atoms with Gasteiger partial charge in [0, 0.05) is 13.1 Å². The van der Waals surface area contributed by atoms with Crippen LogP contribution in [0.5, 0.6) is 5.75 Å². The van der Waals surface area contributed by atoms with Gasteiger partial charge in [-0.05, 0) is 56.6 Å². The second kappa shape index (κ2) is 7.62. The molecule has 1 fully saturated rings. The van der Waals surface area contributed by atoms with Crippen molar-refractivity contribution < 1.29 is 5.11 Å². The van der Waals surface area contributed by atoms with Crippen molar-refractivity contribution in [1.29, 1.82) is 0 Å². The summed E-state index contributed by atoms with van der Waals surface area (Å²) >= 11 is 0. The van der Waals surface area contributed by atoms with E-state index in [1.165, 1.54) is 24.9 Å². The fraction of sp³-hybridized carbons (Fsp3) is 0.571. The van der Waals surface area contributed by atoms with Crippen LogP contribution in [0.1, 0.15) is 18.4 Å². The van der Waals surface area contributed by atoms with Gasteiger partial charge in [0.15, 0.2) is 0 Å². The Labute approximate surface area is 116 Å². The maximum atomic E-state index is 9.45. The number of benzene rings is 1. The Kier molecular flexibility index (Phi) is 6.47. The molecule has 1 aliphatic rings. The van der Waals surface area contributed by atoms with Crippen molar-refractivity contribution in [3.05, 3.63) is 29.8 Å². The summed E-state index contributed by atoms with van der Waals surface area (Å²) in [5.41, 5.74) is 1.20. The maximum absolute atomic E-state index is 9.45. The Bertz CT molecular complexity index is 357. The predicted octanol–water partition coefficient (Wildman–Crippen LogP) is 2.25. The fourth-order valence-corrected chi connectivity index (χ4v) is 2.66. The summed E-state index contributed by atoms with van der Waals surface area (Å²) in [7, 11) is 2.02. The van der Waals surface area contributed by atoms with Crippen molar-refractivity contribution in [2.45, 2.75) is 19.4 Å². The summed E-state index contributed by atoms with van der Waals surface area (Å²) in [6, 6.07) is 7.59. The molecule has 0 saturated carbocycles. The van der Waals surface area contributed by atoms with Gasteiger partial charge in [-0.15, -0.1) is 12.4 Å². The molecule has 3 nitrogen and oxygen atoms in total. The molecule has 0 amide bonds. The number of hydrogen-bond acceptors (Lipinski definition) is 3. The van der Waals surface area contributed by atoms with E-state index in [-0.39, 0.29) is 12.4 Å². The van der Waals surface area contributed by atoms with E-state index in [1.54, 1.807) is 6.07 Å². The molecule has 1 saturated heterocycles. The number of nitrogens with one attached hydrogen (secondary N) is 1. The second-order valence-electron chi connectivity index (χ2n) is 4.97. The first-order chi connectivity index (χ1) is 8.28. The van der Waals surface area contributed by atoms with Gasteiger partial charge in [-0.25, -0.2) is 0 Å². The molecule has 4 heteroatoms. The Morgan fingerprint density at radius 2 is 2.28 bits per heavy atom. The molecule has 18 heavy (non-hydrogen) atoms. The van der Waals surface area contributed by atoms with Crippen LogP contribution in [0.25, 0.3) is 0 Å². The third kappa shape index (κ3) is 4.48. The predicted molar refractivity (Wildman–Crippen MR) is 77.3 cm³/mol. The molecule has 0 aliphatic carbocycles. The largest absolute Gasteiger partial charge is 0.508 e. The highest BCUT2D eigenvalue weighted by molar-refractivity contribution is 5.85. The highest BCUT2D eigenvalue weighted by Gasteiger charge is 2.19. The number of likely N-dealkylation sites (tertiary alicyclic amines) is 1. The van der Waals surface area contributed by atoms with Crippen LogP contribution in [0.4, 0.5) is 0 Å². The van der Waals surface area contributed by atoms with E-state index in [2.05, 4.69) is 16.3 Å². The van der Waals surface area contributed by atoms with Crippen molar-refractivity contribution in [2.24, 2.45) is 5.92 Å². The van der Waals surface area contributed by atoms with Crippen LogP contribution < -0.4 is 5.32 Å². The molecule has 2 rings (SSSR count). The molecular formula is C14H23ClN2O. The summed E-state index contributed by atoms with van der Waals surface area (Å²) in [4.78, 5) is 2.49. The van der Waals surface area contributed by atoms with Crippen LogP contribution in [-0.4, -0.2) is 36.7 Å². The first kappa shape index (κ1) is 15.3. The summed E-state index contributed by atoms with van der Waals surface area (Å²) in [6.45, 7) is 4.40. The van der Waals surface area contributed by atoms with E-state index < -0.39 is 0 Å². The fourth-order valence-electron chi connectivity index (χ4n) is 2.66. The van der Waals surface area contributed by atoms with E-state index in [0.717, 1.165) is 25.6 Å². The molecule has 0 aromatic heterocycles. The van der Waals surface area contributed by atoms with Crippen molar-refractivity contribution in [3.8, 4) is 5.75 Å². The van der Waals surface area contributed by atoms with Gasteiger partial charge in [-0.1, -0.05) is 12.1 Å². The summed E-state index contributed by atoms with van der Waals surface area (Å²) in [5, 5.41) is 12.7. The van der Waals surface area contributed by atoms with Gasteiger partial charge >= 0.3 is 0 Å². The summed E-state index contributed by atoms with van der Waals surface area (Å²) < 4.78 is 0. The van der Waals surface area contributed by atoms with Gasteiger partial charge < -0.3 is 10.4 Å².